The normalized spacial score (nSPS) is 14.5. The molecule has 0 aliphatic heterocycles. The highest BCUT2D eigenvalue weighted by Gasteiger charge is 2.15. The Morgan fingerprint density at radius 1 is 1.22 bits per heavy atom. The van der Waals surface area contributed by atoms with E-state index in [4.69, 9.17) is 0 Å². The molecule has 0 unspecified atom stereocenters. The molecule has 3 aromatic rings. The first-order chi connectivity index (χ1) is 13.1. The number of aromatic nitrogens is 3. The monoisotopic (exact) mass is 364 g/mol. The minimum atomic E-state index is -0.240. The molecular weight excluding hydrogens is 340 g/mol. The predicted octanol–water partition coefficient (Wildman–Crippen LogP) is 2.89. The number of aryl methyl sites for hydroxylation is 1. The Morgan fingerprint density at radius 2 is 2.07 bits per heavy atom. The summed E-state index contributed by atoms with van der Waals surface area (Å²) >= 11 is 0. The van der Waals surface area contributed by atoms with Gasteiger partial charge in [0.05, 0.1) is 6.20 Å². The molecule has 1 aromatic carbocycles. The number of nitrogens with one attached hydrogen (secondary N) is 1. The molecular formula is C21H24N4O2. The summed E-state index contributed by atoms with van der Waals surface area (Å²) < 4.78 is 3.12. The first-order valence-corrected chi connectivity index (χ1v) is 9.53. The first-order valence-electron chi connectivity index (χ1n) is 9.53. The summed E-state index contributed by atoms with van der Waals surface area (Å²) in [5.41, 5.74) is 2.74. The van der Waals surface area contributed by atoms with Gasteiger partial charge in [-0.3, -0.25) is 9.59 Å². The first kappa shape index (κ1) is 17.5. The van der Waals surface area contributed by atoms with Crippen LogP contribution in [0.1, 0.15) is 32.1 Å². The average Bonchev–Trinajstić information content (AvgIpc) is 2.98. The molecule has 6 heteroatoms. The Balaban J connectivity index is 1.50. The van der Waals surface area contributed by atoms with Crippen molar-refractivity contribution in [3.05, 3.63) is 52.5 Å². The maximum absolute atomic E-state index is 12.9. The molecule has 0 spiro atoms. The van der Waals surface area contributed by atoms with E-state index >= 15 is 0 Å². The molecule has 2 heterocycles. The number of fused-ring (bicyclic) bond motifs is 3. The van der Waals surface area contributed by atoms with E-state index in [0.717, 1.165) is 35.6 Å². The summed E-state index contributed by atoms with van der Waals surface area (Å²) in [5, 5.41) is 8.95. The van der Waals surface area contributed by atoms with Crippen LogP contribution in [-0.2, 0) is 18.4 Å². The van der Waals surface area contributed by atoms with Gasteiger partial charge in [0.15, 0.2) is 0 Å². The van der Waals surface area contributed by atoms with Crippen LogP contribution in [-0.4, -0.2) is 26.8 Å². The topological polar surface area (TPSA) is 68.9 Å². The van der Waals surface area contributed by atoms with Crippen molar-refractivity contribution in [1.82, 2.24) is 19.7 Å². The molecule has 0 bridgehead atoms. The fourth-order valence-electron chi connectivity index (χ4n) is 3.91. The lowest BCUT2D eigenvalue weighted by Crippen LogP contribution is -2.34. The van der Waals surface area contributed by atoms with Crippen LogP contribution < -0.4 is 10.9 Å². The molecule has 6 nitrogen and oxygen atoms in total. The molecule has 1 aliphatic carbocycles. The minimum absolute atomic E-state index is 0.0602. The zero-order valence-electron chi connectivity index (χ0n) is 15.6. The lowest BCUT2D eigenvalue weighted by Gasteiger charge is -2.13. The maximum Gasteiger partial charge on any atom is 0.291 e. The van der Waals surface area contributed by atoms with Crippen LogP contribution in [0.25, 0.3) is 21.8 Å². The van der Waals surface area contributed by atoms with E-state index in [1.54, 1.807) is 6.20 Å². The SMILES string of the molecule is Cn1c2ccccc2c2cnn(CC(=O)NCCC3=CCCCC3)c(=O)c21. The van der Waals surface area contributed by atoms with Crippen LogP contribution in [0.2, 0.25) is 0 Å². The Hall–Kier alpha value is -2.89. The summed E-state index contributed by atoms with van der Waals surface area (Å²) in [6.45, 7) is 0.547. The molecule has 27 heavy (non-hydrogen) atoms. The van der Waals surface area contributed by atoms with Crippen molar-refractivity contribution in [3.8, 4) is 0 Å². The molecule has 140 valence electrons. The Kier molecular flexibility index (Phi) is 4.79. The van der Waals surface area contributed by atoms with E-state index < -0.39 is 0 Å². The number of amides is 1. The van der Waals surface area contributed by atoms with Gasteiger partial charge in [-0.15, -0.1) is 0 Å². The van der Waals surface area contributed by atoms with Crippen LogP contribution in [0, 0.1) is 0 Å². The predicted molar refractivity (Wildman–Crippen MR) is 107 cm³/mol. The van der Waals surface area contributed by atoms with Gasteiger partial charge in [0, 0.05) is 29.9 Å². The van der Waals surface area contributed by atoms with Crippen LogP contribution in [0.3, 0.4) is 0 Å². The Bertz CT molecular complexity index is 1090. The van der Waals surface area contributed by atoms with Crippen molar-refractivity contribution in [2.24, 2.45) is 7.05 Å². The smallest absolute Gasteiger partial charge is 0.291 e. The molecule has 2 aromatic heterocycles. The van der Waals surface area contributed by atoms with Crippen molar-refractivity contribution >= 4 is 27.7 Å². The zero-order valence-corrected chi connectivity index (χ0v) is 15.6. The van der Waals surface area contributed by atoms with Gasteiger partial charge in [0.25, 0.3) is 5.56 Å². The van der Waals surface area contributed by atoms with Gasteiger partial charge in [-0.2, -0.15) is 5.10 Å². The lowest BCUT2D eigenvalue weighted by atomic mass is 9.97. The Labute approximate surface area is 157 Å². The molecule has 1 amide bonds. The third-order valence-electron chi connectivity index (χ3n) is 5.36. The van der Waals surface area contributed by atoms with E-state index in [9.17, 15) is 9.59 Å². The van der Waals surface area contributed by atoms with Gasteiger partial charge in [-0.1, -0.05) is 29.8 Å². The van der Waals surface area contributed by atoms with E-state index in [0.29, 0.717) is 12.1 Å². The van der Waals surface area contributed by atoms with Gasteiger partial charge in [-0.25, -0.2) is 4.68 Å². The van der Waals surface area contributed by atoms with E-state index in [1.165, 1.54) is 23.1 Å². The van der Waals surface area contributed by atoms with Crippen LogP contribution in [0.4, 0.5) is 0 Å². The number of carbonyl (C=O) groups is 1. The standard InChI is InChI=1S/C21H24N4O2/c1-24-18-10-6-5-9-16(18)17-13-23-25(21(27)20(17)24)14-19(26)22-12-11-15-7-3-2-4-8-15/h5-7,9-10,13H,2-4,8,11-12,14H2,1H3,(H,22,26). The highest BCUT2D eigenvalue weighted by atomic mass is 16.2. The third-order valence-corrected chi connectivity index (χ3v) is 5.36. The number of rotatable bonds is 5. The number of para-hydroxylation sites is 1. The summed E-state index contributed by atoms with van der Waals surface area (Å²) in [7, 11) is 1.87. The largest absolute Gasteiger partial charge is 0.354 e. The summed E-state index contributed by atoms with van der Waals surface area (Å²) in [4.78, 5) is 25.1. The maximum atomic E-state index is 12.9. The summed E-state index contributed by atoms with van der Waals surface area (Å²) in [6, 6.07) is 7.85. The molecule has 0 saturated heterocycles. The number of nitrogens with zero attached hydrogens (tertiary/aromatic N) is 3. The van der Waals surface area contributed by atoms with Gasteiger partial charge in [-0.05, 0) is 38.2 Å². The molecule has 0 saturated carbocycles. The summed E-state index contributed by atoms with van der Waals surface area (Å²) in [6.07, 6.45) is 9.64. The van der Waals surface area contributed by atoms with Gasteiger partial charge in [0.1, 0.15) is 12.1 Å². The van der Waals surface area contributed by atoms with Crippen molar-refractivity contribution in [3.63, 3.8) is 0 Å². The molecule has 0 fully saturated rings. The number of allylic oxidation sites excluding steroid dienone is 1. The molecule has 0 atom stereocenters. The lowest BCUT2D eigenvalue weighted by molar-refractivity contribution is -0.121. The van der Waals surface area contributed by atoms with E-state index in [2.05, 4.69) is 16.5 Å². The average molecular weight is 364 g/mol. The fourth-order valence-corrected chi connectivity index (χ4v) is 3.91. The molecule has 0 radical (unpaired) electrons. The highest BCUT2D eigenvalue weighted by Crippen LogP contribution is 2.24. The van der Waals surface area contributed by atoms with Gasteiger partial charge >= 0.3 is 0 Å². The highest BCUT2D eigenvalue weighted by molar-refractivity contribution is 6.07. The number of carbonyl (C=O) groups excluding carboxylic acids is 1. The second kappa shape index (κ2) is 7.39. The van der Waals surface area contributed by atoms with Gasteiger partial charge in [0.2, 0.25) is 5.91 Å². The minimum Gasteiger partial charge on any atom is -0.354 e. The van der Waals surface area contributed by atoms with Gasteiger partial charge < -0.3 is 9.88 Å². The van der Waals surface area contributed by atoms with Crippen molar-refractivity contribution < 1.29 is 4.79 Å². The molecule has 4 rings (SSSR count). The van der Waals surface area contributed by atoms with Crippen LogP contribution in [0.15, 0.2) is 46.9 Å². The number of hydrogen-bond acceptors (Lipinski definition) is 3. The second-order valence-corrected chi connectivity index (χ2v) is 7.15. The third kappa shape index (κ3) is 3.39. The molecule has 1 N–H and O–H groups in total. The van der Waals surface area contributed by atoms with Crippen molar-refractivity contribution in [2.45, 2.75) is 38.6 Å². The number of benzene rings is 1. The second-order valence-electron chi connectivity index (χ2n) is 7.15. The molecule has 1 aliphatic rings. The number of hydrogen-bond donors (Lipinski definition) is 1. The van der Waals surface area contributed by atoms with Crippen molar-refractivity contribution in [1.29, 1.82) is 0 Å². The Morgan fingerprint density at radius 3 is 2.89 bits per heavy atom. The zero-order chi connectivity index (χ0) is 18.8. The van der Waals surface area contributed by atoms with E-state index in [1.807, 2.05) is 35.9 Å². The van der Waals surface area contributed by atoms with Crippen molar-refractivity contribution in [2.75, 3.05) is 6.54 Å². The quantitative estimate of drug-likeness (QED) is 0.708. The van der Waals surface area contributed by atoms with Crippen LogP contribution in [0.5, 0.6) is 0 Å². The van der Waals surface area contributed by atoms with Crippen LogP contribution >= 0.6 is 0 Å². The summed E-state index contributed by atoms with van der Waals surface area (Å²) in [5.74, 6) is -0.181. The van der Waals surface area contributed by atoms with E-state index in [-0.39, 0.29) is 18.0 Å². The fraction of sp³-hybridized carbons (Fsp3) is 0.381.